The predicted molar refractivity (Wildman–Crippen MR) is 118 cm³/mol. The number of benzene rings is 2. The van der Waals surface area contributed by atoms with Gasteiger partial charge < -0.3 is 19.5 Å². The van der Waals surface area contributed by atoms with Gasteiger partial charge >= 0.3 is 0 Å². The highest BCUT2D eigenvalue weighted by Crippen LogP contribution is 2.26. The molecule has 0 aliphatic carbocycles. The summed E-state index contributed by atoms with van der Waals surface area (Å²) in [5.74, 6) is 1.53. The number of thioether (sulfide) groups is 1. The molecular formula is C21H25N5O2S. The molecule has 0 spiro atoms. The first-order valence-corrected chi connectivity index (χ1v) is 10.3. The number of rotatable bonds is 8. The molecule has 3 aromatic rings. The average molecular weight is 412 g/mol. The van der Waals surface area contributed by atoms with E-state index in [1.807, 2.05) is 86.1 Å². The summed E-state index contributed by atoms with van der Waals surface area (Å²) in [4.78, 5) is 14.4. The van der Waals surface area contributed by atoms with Gasteiger partial charge in [0, 0.05) is 32.4 Å². The molecule has 1 aromatic heterocycles. The van der Waals surface area contributed by atoms with E-state index in [-0.39, 0.29) is 11.7 Å². The number of nitrogens with one attached hydrogen (secondary N) is 1. The molecule has 2 aromatic carbocycles. The van der Waals surface area contributed by atoms with E-state index in [0.29, 0.717) is 23.2 Å². The van der Waals surface area contributed by atoms with Crippen LogP contribution in [0.2, 0.25) is 0 Å². The zero-order valence-corrected chi connectivity index (χ0v) is 17.9. The van der Waals surface area contributed by atoms with Crippen LogP contribution in [0.5, 0.6) is 5.75 Å². The third-order valence-corrected chi connectivity index (χ3v) is 5.29. The van der Waals surface area contributed by atoms with E-state index >= 15 is 0 Å². The molecule has 8 heteroatoms. The number of carbonyl (C=O) groups excluding carboxylic acids is 1. The Morgan fingerprint density at radius 1 is 1.14 bits per heavy atom. The Kier molecular flexibility index (Phi) is 6.77. The standard InChI is InChI=1S/C21H25N5O2S/c1-5-28-18-9-7-6-8-17(18)22-19(27)14-29-21-24-23-20(26(21)4)15-10-12-16(13-11-15)25(2)3/h6-13H,5,14H2,1-4H3,(H,22,27). The second-order valence-electron chi connectivity index (χ2n) is 6.57. The van der Waals surface area contributed by atoms with Crippen LogP contribution in [-0.2, 0) is 11.8 Å². The molecular weight excluding hydrogens is 386 g/mol. The minimum Gasteiger partial charge on any atom is -0.492 e. The summed E-state index contributed by atoms with van der Waals surface area (Å²) in [6.45, 7) is 2.45. The molecule has 1 heterocycles. The maximum absolute atomic E-state index is 12.4. The van der Waals surface area contributed by atoms with Crippen LogP contribution in [0.3, 0.4) is 0 Å². The Bertz CT molecular complexity index is 969. The lowest BCUT2D eigenvalue weighted by Crippen LogP contribution is -2.15. The van der Waals surface area contributed by atoms with Gasteiger partial charge in [0.05, 0.1) is 18.0 Å². The van der Waals surface area contributed by atoms with Crippen LogP contribution in [0.15, 0.2) is 53.7 Å². The highest BCUT2D eigenvalue weighted by atomic mass is 32.2. The van der Waals surface area contributed by atoms with Crippen LogP contribution < -0.4 is 15.0 Å². The Balaban J connectivity index is 1.64. The summed E-state index contributed by atoms with van der Waals surface area (Å²) in [6, 6.07) is 15.5. The number of para-hydroxylation sites is 2. The molecule has 1 N–H and O–H groups in total. The lowest BCUT2D eigenvalue weighted by Gasteiger charge is -2.12. The normalized spacial score (nSPS) is 10.6. The number of aromatic nitrogens is 3. The maximum Gasteiger partial charge on any atom is 0.234 e. The molecule has 3 rings (SSSR count). The quantitative estimate of drug-likeness (QED) is 0.570. The molecule has 0 aliphatic heterocycles. The molecule has 0 bridgehead atoms. The zero-order valence-electron chi connectivity index (χ0n) is 17.0. The van der Waals surface area contributed by atoms with Crippen molar-refractivity contribution in [3.8, 4) is 17.1 Å². The first-order chi connectivity index (χ1) is 14.0. The molecule has 0 aliphatic rings. The van der Waals surface area contributed by atoms with Gasteiger partial charge in [-0.3, -0.25) is 4.79 Å². The van der Waals surface area contributed by atoms with Crippen LogP contribution in [-0.4, -0.2) is 47.1 Å². The fourth-order valence-electron chi connectivity index (χ4n) is 2.77. The molecule has 0 radical (unpaired) electrons. The minimum atomic E-state index is -0.123. The van der Waals surface area contributed by atoms with Gasteiger partial charge in [-0.05, 0) is 43.3 Å². The summed E-state index contributed by atoms with van der Waals surface area (Å²) in [5.41, 5.74) is 2.77. The van der Waals surface area contributed by atoms with Gasteiger partial charge in [0.15, 0.2) is 11.0 Å². The molecule has 1 amide bonds. The van der Waals surface area contributed by atoms with Gasteiger partial charge in [-0.1, -0.05) is 23.9 Å². The largest absolute Gasteiger partial charge is 0.492 e. The van der Waals surface area contributed by atoms with Crippen molar-refractivity contribution in [1.82, 2.24) is 14.8 Å². The summed E-state index contributed by atoms with van der Waals surface area (Å²) in [6.07, 6.45) is 0. The van der Waals surface area contributed by atoms with Crippen molar-refractivity contribution in [2.45, 2.75) is 12.1 Å². The first kappa shape index (κ1) is 20.7. The second kappa shape index (κ2) is 9.47. The van der Waals surface area contributed by atoms with Crippen LogP contribution >= 0.6 is 11.8 Å². The van der Waals surface area contributed by atoms with E-state index in [1.165, 1.54) is 11.8 Å². The van der Waals surface area contributed by atoms with Crippen molar-refractivity contribution in [2.75, 3.05) is 36.7 Å². The Morgan fingerprint density at radius 2 is 1.86 bits per heavy atom. The summed E-state index contributed by atoms with van der Waals surface area (Å²) < 4.78 is 7.44. The van der Waals surface area contributed by atoms with Gasteiger partial charge in [0.25, 0.3) is 0 Å². The maximum atomic E-state index is 12.4. The first-order valence-electron chi connectivity index (χ1n) is 9.31. The lowest BCUT2D eigenvalue weighted by atomic mass is 10.2. The van der Waals surface area contributed by atoms with Gasteiger partial charge in [0.1, 0.15) is 5.75 Å². The van der Waals surface area contributed by atoms with Crippen LogP contribution in [0, 0.1) is 0 Å². The van der Waals surface area contributed by atoms with Crippen molar-refractivity contribution in [2.24, 2.45) is 7.05 Å². The van der Waals surface area contributed by atoms with Gasteiger partial charge in [-0.2, -0.15) is 0 Å². The predicted octanol–water partition coefficient (Wildman–Crippen LogP) is 3.68. The van der Waals surface area contributed by atoms with Crippen LogP contribution in [0.1, 0.15) is 6.92 Å². The van der Waals surface area contributed by atoms with Gasteiger partial charge in [0.2, 0.25) is 5.91 Å². The number of carbonyl (C=O) groups is 1. The van der Waals surface area contributed by atoms with Crippen molar-refractivity contribution in [3.63, 3.8) is 0 Å². The molecule has 29 heavy (non-hydrogen) atoms. The zero-order chi connectivity index (χ0) is 20.8. The van der Waals surface area contributed by atoms with E-state index < -0.39 is 0 Å². The number of anilines is 2. The van der Waals surface area contributed by atoms with Gasteiger partial charge in [-0.15, -0.1) is 10.2 Å². The molecule has 152 valence electrons. The van der Waals surface area contributed by atoms with Crippen LogP contribution in [0.4, 0.5) is 11.4 Å². The van der Waals surface area contributed by atoms with Crippen molar-refractivity contribution < 1.29 is 9.53 Å². The fraction of sp³-hybridized carbons (Fsp3) is 0.286. The molecule has 7 nitrogen and oxygen atoms in total. The van der Waals surface area contributed by atoms with E-state index in [1.54, 1.807) is 0 Å². The highest BCUT2D eigenvalue weighted by molar-refractivity contribution is 7.99. The van der Waals surface area contributed by atoms with Crippen molar-refractivity contribution in [1.29, 1.82) is 0 Å². The van der Waals surface area contributed by atoms with E-state index in [4.69, 9.17) is 4.74 Å². The smallest absolute Gasteiger partial charge is 0.234 e. The summed E-state index contributed by atoms with van der Waals surface area (Å²) >= 11 is 1.35. The average Bonchev–Trinajstić information content (AvgIpc) is 3.08. The highest BCUT2D eigenvalue weighted by Gasteiger charge is 2.14. The van der Waals surface area contributed by atoms with Gasteiger partial charge in [-0.25, -0.2) is 0 Å². The Morgan fingerprint density at radius 3 is 2.55 bits per heavy atom. The topological polar surface area (TPSA) is 72.3 Å². The molecule has 0 saturated heterocycles. The number of ether oxygens (including phenoxy) is 1. The number of amides is 1. The van der Waals surface area contributed by atoms with Crippen LogP contribution in [0.25, 0.3) is 11.4 Å². The fourth-order valence-corrected chi connectivity index (χ4v) is 3.48. The minimum absolute atomic E-state index is 0.123. The molecule has 0 unspecified atom stereocenters. The SMILES string of the molecule is CCOc1ccccc1NC(=O)CSc1nnc(-c2ccc(N(C)C)cc2)n1C. The third kappa shape index (κ3) is 5.08. The van der Waals surface area contributed by atoms with E-state index in [9.17, 15) is 4.79 Å². The monoisotopic (exact) mass is 411 g/mol. The van der Waals surface area contributed by atoms with E-state index in [2.05, 4.69) is 15.5 Å². The second-order valence-corrected chi connectivity index (χ2v) is 7.52. The molecule has 0 atom stereocenters. The Hall–Kier alpha value is -3.00. The summed E-state index contributed by atoms with van der Waals surface area (Å²) in [5, 5.41) is 12.1. The summed E-state index contributed by atoms with van der Waals surface area (Å²) in [7, 11) is 5.91. The van der Waals surface area contributed by atoms with E-state index in [0.717, 1.165) is 17.1 Å². The number of nitrogens with zero attached hydrogens (tertiary/aromatic N) is 4. The lowest BCUT2D eigenvalue weighted by molar-refractivity contribution is -0.113. The third-order valence-electron chi connectivity index (χ3n) is 4.27. The number of hydrogen-bond acceptors (Lipinski definition) is 6. The Labute approximate surface area is 175 Å². The number of hydrogen-bond donors (Lipinski definition) is 1. The van der Waals surface area contributed by atoms with Crippen molar-refractivity contribution >= 4 is 29.0 Å². The van der Waals surface area contributed by atoms with Crippen molar-refractivity contribution in [3.05, 3.63) is 48.5 Å². The molecule has 0 fully saturated rings. The molecule has 0 saturated carbocycles.